The summed E-state index contributed by atoms with van der Waals surface area (Å²) in [7, 11) is 0. The Hall–Kier alpha value is -0.450. The lowest BCUT2D eigenvalue weighted by atomic mass is 10.1. The number of nitrogens with zero attached hydrogens (tertiary/aromatic N) is 2. The van der Waals surface area contributed by atoms with E-state index in [9.17, 15) is 5.11 Å². The standard InChI is InChI=1S/C13H19BrN2O/c1-10(17)5-13-3-2-4-16(13)9-11-6-12(14)8-15-7-11/h6-8,10,13,17H,2-5,9H2,1H3. The van der Waals surface area contributed by atoms with Gasteiger partial charge in [0.2, 0.25) is 0 Å². The minimum Gasteiger partial charge on any atom is -0.393 e. The van der Waals surface area contributed by atoms with E-state index in [1.165, 1.54) is 18.4 Å². The molecule has 0 saturated carbocycles. The monoisotopic (exact) mass is 298 g/mol. The lowest BCUT2D eigenvalue weighted by Crippen LogP contribution is -2.31. The minimum atomic E-state index is -0.207. The van der Waals surface area contributed by atoms with E-state index in [1.807, 2.05) is 13.1 Å². The number of rotatable bonds is 4. The van der Waals surface area contributed by atoms with Crippen molar-refractivity contribution in [1.82, 2.24) is 9.88 Å². The van der Waals surface area contributed by atoms with E-state index in [4.69, 9.17) is 0 Å². The minimum absolute atomic E-state index is 0.207. The molecule has 0 radical (unpaired) electrons. The van der Waals surface area contributed by atoms with Gasteiger partial charge in [-0.25, -0.2) is 0 Å². The maximum atomic E-state index is 9.49. The third-order valence-corrected chi connectivity index (χ3v) is 3.69. The van der Waals surface area contributed by atoms with Crippen LogP contribution in [0.5, 0.6) is 0 Å². The van der Waals surface area contributed by atoms with Gasteiger partial charge in [-0.2, -0.15) is 0 Å². The molecule has 2 heterocycles. The number of hydrogen-bond acceptors (Lipinski definition) is 3. The molecule has 1 saturated heterocycles. The van der Waals surface area contributed by atoms with E-state index in [-0.39, 0.29) is 6.10 Å². The topological polar surface area (TPSA) is 36.4 Å². The molecule has 4 heteroatoms. The number of halogens is 1. The van der Waals surface area contributed by atoms with Gasteiger partial charge >= 0.3 is 0 Å². The molecule has 3 nitrogen and oxygen atoms in total. The number of aliphatic hydroxyl groups is 1. The second-order valence-electron chi connectivity index (χ2n) is 4.86. The molecule has 1 aromatic heterocycles. The lowest BCUT2D eigenvalue weighted by molar-refractivity contribution is 0.130. The fourth-order valence-electron chi connectivity index (χ4n) is 2.54. The Morgan fingerprint density at radius 1 is 1.59 bits per heavy atom. The molecule has 1 aliphatic rings. The van der Waals surface area contributed by atoms with Crippen molar-refractivity contribution >= 4 is 15.9 Å². The molecule has 0 bridgehead atoms. The first-order chi connectivity index (χ1) is 8.15. The largest absolute Gasteiger partial charge is 0.393 e. The highest BCUT2D eigenvalue weighted by atomic mass is 79.9. The van der Waals surface area contributed by atoms with Crippen molar-refractivity contribution in [3.05, 3.63) is 28.5 Å². The summed E-state index contributed by atoms with van der Waals surface area (Å²) in [6, 6.07) is 2.64. The van der Waals surface area contributed by atoms with Crippen LogP contribution in [0.4, 0.5) is 0 Å². The van der Waals surface area contributed by atoms with Crippen LogP contribution in [-0.4, -0.2) is 33.7 Å². The highest BCUT2D eigenvalue weighted by molar-refractivity contribution is 9.10. The summed E-state index contributed by atoms with van der Waals surface area (Å²) in [6.45, 7) is 3.94. The number of aliphatic hydroxyl groups excluding tert-OH is 1. The maximum absolute atomic E-state index is 9.49. The average molecular weight is 299 g/mol. The Morgan fingerprint density at radius 2 is 2.41 bits per heavy atom. The summed E-state index contributed by atoms with van der Waals surface area (Å²) in [5.74, 6) is 0. The first-order valence-electron chi connectivity index (χ1n) is 6.16. The Morgan fingerprint density at radius 3 is 3.12 bits per heavy atom. The van der Waals surface area contributed by atoms with Crippen LogP contribution in [0.1, 0.15) is 31.7 Å². The smallest absolute Gasteiger partial charge is 0.0527 e. The zero-order chi connectivity index (χ0) is 12.3. The molecule has 1 aromatic rings. The molecule has 2 rings (SSSR count). The summed E-state index contributed by atoms with van der Waals surface area (Å²) in [5, 5.41) is 9.49. The Kier molecular flexibility index (Phi) is 4.54. The number of hydrogen-bond donors (Lipinski definition) is 1. The van der Waals surface area contributed by atoms with Gasteiger partial charge in [-0.3, -0.25) is 9.88 Å². The Labute approximate surface area is 111 Å². The van der Waals surface area contributed by atoms with E-state index in [2.05, 4.69) is 31.9 Å². The number of aromatic nitrogens is 1. The normalized spacial score (nSPS) is 22.9. The second-order valence-corrected chi connectivity index (χ2v) is 5.78. The van der Waals surface area contributed by atoms with Gasteiger partial charge in [0.05, 0.1) is 6.10 Å². The third-order valence-electron chi connectivity index (χ3n) is 3.26. The van der Waals surface area contributed by atoms with Crippen LogP contribution in [0.25, 0.3) is 0 Å². The summed E-state index contributed by atoms with van der Waals surface area (Å²) < 4.78 is 1.03. The molecule has 0 spiro atoms. The first kappa shape index (κ1) is 13.0. The van der Waals surface area contributed by atoms with Gasteiger partial charge in [-0.1, -0.05) is 0 Å². The van der Waals surface area contributed by atoms with Gasteiger partial charge in [-0.15, -0.1) is 0 Å². The van der Waals surface area contributed by atoms with E-state index >= 15 is 0 Å². The lowest BCUT2D eigenvalue weighted by Gasteiger charge is -2.25. The van der Waals surface area contributed by atoms with Crippen molar-refractivity contribution in [3.63, 3.8) is 0 Å². The van der Waals surface area contributed by atoms with Crippen LogP contribution in [0.3, 0.4) is 0 Å². The fraction of sp³-hybridized carbons (Fsp3) is 0.615. The summed E-state index contributed by atoms with van der Waals surface area (Å²) in [6.07, 6.45) is 6.83. The van der Waals surface area contributed by atoms with Crippen LogP contribution in [-0.2, 0) is 6.54 Å². The van der Waals surface area contributed by atoms with Gasteiger partial charge in [0.15, 0.2) is 0 Å². The van der Waals surface area contributed by atoms with Gasteiger partial charge < -0.3 is 5.11 Å². The van der Waals surface area contributed by atoms with Gasteiger partial charge in [0, 0.05) is 29.5 Å². The van der Waals surface area contributed by atoms with Crippen LogP contribution in [0.15, 0.2) is 22.9 Å². The summed E-state index contributed by atoms with van der Waals surface area (Å²) in [5.41, 5.74) is 1.23. The Bertz CT molecular complexity index is 370. The van der Waals surface area contributed by atoms with Crippen molar-refractivity contribution in [2.45, 2.75) is 44.9 Å². The highest BCUT2D eigenvalue weighted by Gasteiger charge is 2.25. The molecule has 0 aromatic carbocycles. The van der Waals surface area contributed by atoms with E-state index < -0.39 is 0 Å². The molecule has 2 unspecified atom stereocenters. The van der Waals surface area contributed by atoms with Crippen molar-refractivity contribution in [1.29, 1.82) is 0 Å². The predicted octanol–water partition coefficient (Wildman–Crippen LogP) is 2.58. The van der Waals surface area contributed by atoms with Crippen LogP contribution in [0.2, 0.25) is 0 Å². The number of likely N-dealkylation sites (tertiary alicyclic amines) is 1. The first-order valence-corrected chi connectivity index (χ1v) is 6.96. The van der Waals surface area contributed by atoms with Gasteiger partial charge in [0.25, 0.3) is 0 Å². The van der Waals surface area contributed by atoms with E-state index in [0.29, 0.717) is 6.04 Å². The van der Waals surface area contributed by atoms with Crippen LogP contribution < -0.4 is 0 Å². The predicted molar refractivity (Wildman–Crippen MR) is 71.7 cm³/mol. The zero-order valence-corrected chi connectivity index (χ0v) is 11.7. The van der Waals surface area contributed by atoms with Crippen molar-refractivity contribution in [2.75, 3.05) is 6.54 Å². The Balaban J connectivity index is 1.97. The zero-order valence-electron chi connectivity index (χ0n) is 10.1. The van der Waals surface area contributed by atoms with Crippen molar-refractivity contribution in [2.24, 2.45) is 0 Å². The van der Waals surface area contributed by atoms with Gasteiger partial charge in [0.1, 0.15) is 0 Å². The van der Waals surface area contributed by atoms with Gasteiger partial charge in [-0.05, 0) is 60.3 Å². The SMILES string of the molecule is CC(O)CC1CCCN1Cc1cncc(Br)c1. The third kappa shape index (κ3) is 3.76. The molecule has 1 fully saturated rings. The molecular weight excluding hydrogens is 280 g/mol. The molecule has 1 N–H and O–H groups in total. The average Bonchev–Trinajstić information content (AvgIpc) is 2.65. The highest BCUT2D eigenvalue weighted by Crippen LogP contribution is 2.24. The number of pyridine rings is 1. The quantitative estimate of drug-likeness (QED) is 0.928. The summed E-state index contributed by atoms with van der Waals surface area (Å²) >= 11 is 3.45. The van der Waals surface area contributed by atoms with Crippen molar-refractivity contribution in [3.8, 4) is 0 Å². The molecule has 0 amide bonds. The molecule has 2 atom stereocenters. The van der Waals surface area contributed by atoms with E-state index in [1.54, 1.807) is 6.20 Å². The summed E-state index contributed by atoms with van der Waals surface area (Å²) in [4.78, 5) is 6.64. The maximum Gasteiger partial charge on any atom is 0.0527 e. The molecule has 94 valence electrons. The van der Waals surface area contributed by atoms with E-state index in [0.717, 1.165) is 24.0 Å². The molecule has 1 aliphatic heterocycles. The van der Waals surface area contributed by atoms with Crippen LogP contribution in [0, 0.1) is 0 Å². The molecular formula is C13H19BrN2O. The molecule has 0 aliphatic carbocycles. The second kappa shape index (κ2) is 5.94. The van der Waals surface area contributed by atoms with Crippen LogP contribution >= 0.6 is 15.9 Å². The molecule has 17 heavy (non-hydrogen) atoms. The fourth-order valence-corrected chi connectivity index (χ4v) is 2.95. The van der Waals surface area contributed by atoms with Crippen molar-refractivity contribution < 1.29 is 5.11 Å².